The minimum Gasteiger partial charge on any atom is -0.352 e. The molecule has 1 amide bonds. The van der Waals surface area contributed by atoms with Crippen LogP contribution in [0.2, 0.25) is 0 Å². The van der Waals surface area contributed by atoms with Gasteiger partial charge in [-0.3, -0.25) is 19.4 Å². The Hall–Kier alpha value is -1.86. The molecule has 2 aromatic rings. The third kappa shape index (κ3) is 3.32. The van der Waals surface area contributed by atoms with E-state index in [-0.39, 0.29) is 36.3 Å². The van der Waals surface area contributed by atoms with Crippen molar-refractivity contribution < 1.29 is 4.79 Å². The number of amides is 1. The number of fused-ring (bicyclic) bond motifs is 1. The molecule has 3 rings (SSSR count). The molecular formula is C16H24ClN5O2. The van der Waals surface area contributed by atoms with E-state index in [9.17, 15) is 9.59 Å². The van der Waals surface area contributed by atoms with Crippen LogP contribution in [0.15, 0.2) is 4.79 Å². The molecule has 2 heterocycles. The van der Waals surface area contributed by atoms with Gasteiger partial charge in [0.25, 0.3) is 5.56 Å². The Balaban J connectivity index is 0.00000208. The second-order valence-corrected chi connectivity index (χ2v) is 6.42. The predicted molar refractivity (Wildman–Crippen MR) is 95.5 cm³/mol. The van der Waals surface area contributed by atoms with Gasteiger partial charge in [0.05, 0.1) is 11.8 Å². The van der Waals surface area contributed by atoms with Crippen molar-refractivity contribution in [1.29, 1.82) is 0 Å². The zero-order valence-electron chi connectivity index (χ0n) is 14.2. The molecule has 132 valence electrons. The number of hydrogen-bond acceptors (Lipinski definition) is 4. The number of H-pyrrole nitrogens is 1. The molecule has 1 fully saturated rings. The van der Waals surface area contributed by atoms with Crippen LogP contribution < -0.4 is 16.6 Å². The highest BCUT2D eigenvalue weighted by Gasteiger charge is 2.31. The summed E-state index contributed by atoms with van der Waals surface area (Å²) in [7, 11) is 1.75. The summed E-state index contributed by atoms with van der Waals surface area (Å²) in [6.45, 7) is 4.20. The number of pyridine rings is 1. The molecule has 0 bridgehead atoms. The molecule has 0 spiro atoms. The molecule has 1 atom stereocenters. The van der Waals surface area contributed by atoms with E-state index in [1.807, 2.05) is 13.8 Å². The molecule has 8 heteroatoms. The van der Waals surface area contributed by atoms with Crippen molar-refractivity contribution in [1.82, 2.24) is 20.1 Å². The molecule has 1 aliphatic rings. The fourth-order valence-corrected chi connectivity index (χ4v) is 3.19. The van der Waals surface area contributed by atoms with Gasteiger partial charge in [-0.15, -0.1) is 12.4 Å². The molecule has 7 nitrogen and oxygen atoms in total. The van der Waals surface area contributed by atoms with Gasteiger partial charge >= 0.3 is 0 Å². The topological polar surface area (TPSA) is 106 Å². The molecule has 0 radical (unpaired) electrons. The van der Waals surface area contributed by atoms with E-state index in [2.05, 4.69) is 15.4 Å². The Morgan fingerprint density at radius 2 is 2.12 bits per heavy atom. The van der Waals surface area contributed by atoms with Crippen molar-refractivity contribution in [2.24, 2.45) is 18.7 Å². The number of halogens is 1. The number of nitrogens with two attached hydrogens (primary N) is 1. The van der Waals surface area contributed by atoms with Gasteiger partial charge in [-0.2, -0.15) is 0 Å². The summed E-state index contributed by atoms with van der Waals surface area (Å²) in [5.41, 5.74) is 8.59. The first-order valence-corrected chi connectivity index (χ1v) is 7.96. The van der Waals surface area contributed by atoms with E-state index in [1.54, 1.807) is 11.7 Å². The molecule has 24 heavy (non-hydrogen) atoms. The van der Waals surface area contributed by atoms with Crippen molar-refractivity contribution in [3.63, 3.8) is 0 Å². The highest BCUT2D eigenvalue weighted by Crippen LogP contribution is 2.32. The minimum absolute atomic E-state index is 0. The van der Waals surface area contributed by atoms with Gasteiger partial charge in [0, 0.05) is 25.3 Å². The van der Waals surface area contributed by atoms with Crippen LogP contribution in [-0.4, -0.2) is 33.3 Å². The van der Waals surface area contributed by atoms with E-state index in [0.717, 1.165) is 29.7 Å². The van der Waals surface area contributed by atoms with Crippen LogP contribution in [0.4, 0.5) is 0 Å². The standard InChI is InChI=1S/C16H23N5O2.ClH/c1-8-11(6-13(22)19-12(7-17)10-4-5-10)9(2)18-15-14(8)16(23)20-21(15)3;/h10,12H,4-7,17H2,1-3H3,(H,19,22)(H,20,23);1H. The van der Waals surface area contributed by atoms with Crippen LogP contribution >= 0.6 is 12.4 Å². The van der Waals surface area contributed by atoms with Gasteiger partial charge in [0.1, 0.15) is 0 Å². The number of hydrogen-bond donors (Lipinski definition) is 3. The lowest BCUT2D eigenvalue weighted by Crippen LogP contribution is -2.42. The van der Waals surface area contributed by atoms with Gasteiger partial charge in [-0.25, -0.2) is 4.98 Å². The average Bonchev–Trinajstić information content (AvgIpc) is 3.28. The van der Waals surface area contributed by atoms with Crippen LogP contribution in [0.5, 0.6) is 0 Å². The molecular weight excluding hydrogens is 330 g/mol. The van der Waals surface area contributed by atoms with Gasteiger partial charge in [0.2, 0.25) is 5.91 Å². The summed E-state index contributed by atoms with van der Waals surface area (Å²) in [5.74, 6) is 0.454. The molecule has 0 aromatic carbocycles. The first-order chi connectivity index (χ1) is 10.9. The van der Waals surface area contributed by atoms with Gasteiger partial charge < -0.3 is 11.1 Å². The fraction of sp³-hybridized carbons (Fsp3) is 0.562. The summed E-state index contributed by atoms with van der Waals surface area (Å²) < 4.78 is 1.61. The fourth-order valence-electron chi connectivity index (χ4n) is 3.19. The quantitative estimate of drug-likeness (QED) is 0.735. The second kappa shape index (κ2) is 6.94. The zero-order chi connectivity index (χ0) is 16.7. The lowest BCUT2D eigenvalue weighted by atomic mass is 10.0. The number of nitrogens with zero attached hydrogens (tertiary/aromatic N) is 2. The summed E-state index contributed by atoms with van der Waals surface area (Å²) >= 11 is 0. The van der Waals surface area contributed by atoms with Crippen molar-refractivity contribution in [2.45, 2.75) is 39.2 Å². The Bertz CT molecular complexity index is 822. The Morgan fingerprint density at radius 1 is 1.46 bits per heavy atom. The number of aryl methyl sites for hydroxylation is 3. The number of aromatic nitrogens is 3. The average molecular weight is 354 g/mol. The summed E-state index contributed by atoms with van der Waals surface area (Å²) in [6, 6.07) is 0.0555. The van der Waals surface area contributed by atoms with Crippen molar-refractivity contribution >= 4 is 29.3 Å². The lowest BCUT2D eigenvalue weighted by Gasteiger charge is -2.17. The van der Waals surface area contributed by atoms with Crippen LogP contribution in [0.25, 0.3) is 11.0 Å². The Kier molecular flexibility index (Phi) is 5.35. The van der Waals surface area contributed by atoms with Crippen LogP contribution in [0, 0.1) is 19.8 Å². The third-order valence-electron chi connectivity index (χ3n) is 4.70. The van der Waals surface area contributed by atoms with Gasteiger partial charge in [-0.05, 0) is 43.7 Å². The van der Waals surface area contributed by atoms with E-state index in [0.29, 0.717) is 23.5 Å². The zero-order valence-corrected chi connectivity index (χ0v) is 15.0. The highest BCUT2D eigenvalue weighted by molar-refractivity contribution is 5.85. The third-order valence-corrected chi connectivity index (χ3v) is 4.70. The molecule has 1 aliphatic carbocycles. The van der Waals surface area contributed by atoms with E-state index in [4.69, 9.17) is 5.73 Å². The molecule has 1 unspecified atom stereocenters. The van der Waals surface area contributed by atoms with Gasteiger partial charge in [0.15, 0.2) is 5.65 Å². The summed E-state index contributed by atoms with van der Waals surface area (Å²) in [4.78, 5) is 28.9. The first kappa shape index (κ1) is 18.5. The number of carbonyl (C=O) groups is 1. The highest BCUT2D eigenvalue weighted by atomic mass is 35.5. The number of aromatic amines is 1. The molecule has 0 saturated heterocycles. The molecule has 0 aliphatic heterocycles. The number of rotatable bonds is 5. The smallest absolute Gasteiger partial charge is 0.273 e. The summed E-state index contributed by atoms with van der Waals surface area (Å²) in [6.07, 6.45) is 2.48. The van der Waals surface area contributed by atoms with Crippen molar-refractivity contribution in [3.05, 3.63) is 27.2 Å². The van der Waals surface area contributed by atoms with Crippen LogP contribution in [-0.2, 0) is 18.3 Å². The van der Waals surface area contributed by atoms with Crippen molar-refractivity contribution in [2.75, 3.05) is 6.54 Å². The lowest BCUT2D eigenvalue weighted by molar-refractivity contribution is -0.121. The van der Waals surface area contributed by atoms with E-state index >= 15 is 0 Å². The maximum absolute atomic E-state index is 12.4. The van der Waals surface area contributed by atoms with Crippen molar-refractivity contribution in [3.8, 4) is 0 Å². The summed E-state index contributed by atoms with van der Waals surface area (Å²) in [5, 5.41) is 6.28. The molecule has 4 N–H and O–H groups in total. The van der Waals surface area contributed by atoms with Gasteiger partial charge in [-0.1, -0.05) is 0 Å². The van der Waals surface area contributed by atoms with Crippen LogP contribution in [0.1, 0.15) is 29.7 Å². The largest absolute Gasteiger partial charge is 0.352 e. The minimum atomic E-state index is -0.174. The molecule has 1 saturated carbocycles. The predicted octanol–water partition coefficient (Wildman–Crippen LogP) is 0.696. The molecule has 2 aromatic heterocycles. The normalized spacial score (nSPS) is 15.2. The monoisotopic (exact) mass is 353 g/mol. The second-order valence-electron chi connectivity index (χ2n) is 6.42. The SMILES string of the molecule is Cc1nc2c(c(C)c1CC(=O)NC(CN)C1CC1)c(=O)[nH]n2C.Cl. The maximum atomic E-state index is 12.4. The van der Waals surface area contributed by atoms with E-state index < -0.39 is 0 Å². The Labute approximate surface area is 146 Å². The number of carbonyl (C=O) groups excluding carboxylic acids is 1. The Morgan fingerprint density at radius 3 is 2.71 bits per heavy atom. The van der Waals surface area contributed by atoms with Crippen LogP contribution in [0.3, 0.4) is 0 Å². The number of nitrogens with one attached hydrogen (secondary N) is 2. The first-order valence-electron chi connectivity index (χ1n) is 7.96. The maximum Gasteiger partial charge on any atom is 0.273 e. The van der Waals surface area contributed by atoms with E-state index in [1.165, 1.54) is 0 Å².